The molecule has 14 nitrogen and oxygen atoms in total. The first-order valence-electron chi connectivity index (χ1n) is 21.5. The van der Waals surface area contributed by atoms with E-state index in [1.54, 1.807) is 9.80 Å². The fourth-order valence-corrected chi connectivity index (χ4v) is 10.0. The molecule has 0 saturated carbocycles. The molecular weight excluding hydrogens is 801 g/mol. The van der Waals surface area contributed by atoms with Gasteiger partial charge >= 0.3 is 6.09 Å². The van der Waals surface area contributed by atoms with E-state index in [1.807, 2.05) is 24.6 Å². The number of hydrogen-bond donors (Lipinski definition) is 3. The zero-order valence-electron chi connectivity index (χ0n) is 36.3. The topological polar surface area (TPSA) is 166 Å². The Hall–Kier alpha value is -4.57. The van der Waals surface area contributed by atoms with Crippen LogP contribution in [0.4, 0.5) is 20.7 Å². The molecule has 0 spiro atoms. The fraction of sp³-hybridized carbons (Fsp3) is 0.614. The van der Waals surface area contributed by atoms with Crippen molar-refractivity contribution >= 4 is 68.3 Å². The molecular formula is C44H62N8O6S2. The number of methoxy groups -OCH3 is 1. The summed E-state index contributed by atoms with van der Waals surface area (Å²) in [7, 11) is 1.26. The van der Waals surface area contributed by atoms with Crippen LogP contribution >= 0.6 is 22.7 Å². The number of aromatic nitrogens is 2. The van der Waals surface area contributed by atoms with Gasteiger partial charge in [0.15, 0.2) is 10.3 Å². The van der Waals surface area contributed by atoms with Crippen molar-refractivity contribution in [2.24, 2.45) is 11.8 Å². The van der Waals surface area contributed by atoms with Crippen LogP contribution in [0.2, 0.25) is 0 Å². The van der Waals surface area contributed by atoms with Crippen LogP contribution < -0.4 is 20.9 Å². The van der Waals surface area contributed by atoms with Gasteiger partial charge in [-0.2, -0.15) is 0 Å². The van der Waals surface area contributed by atoms with E-state index in [0.717, 1.165) is 42.8 Å². The Morgan fingerprint density at radius 3 is 1.83 bits per heavy atom. The minimum Gasteiger partial charge on any atom is -0.453 e. The van der Waals surface area contributed by atoms with Gasteiger partial charge in [-0.1, -0.05) is 73.4 Å². The summed E-state index contributed by atoms with van der Waals surface area (Å²) in [5, 5.41) is 13.7. The lowest BCUT2D eigenvalue weighted by atomic mass is 9.87. The van der Waals surface area contributed by atoms with Crippen LogP contribution in [0.25, 0.3) is 0 Å². The quantitative estimate of drug-likeness (QED) is 0.145. The number of nitrogens with zero attached hydrogens (tertiary/aromatic N) is 5. The Morgan fingerprint density at radius 2 is 1.33 bits per heavy atom. The summed E-state index contributed by atoms with van der Waals surface area (Å²) in [4.78, 5) is 81.9. The van der Waals surface area contributed by atoms with Crippen LogP contribution in [0.5, 0.6) is 0 Å². The van der Waals surface area contributed by atoms with Crippen LogP contribution in [0.3, 0.4) is 0 Å². The van der Waals surface area contributed by atoms with E-state index in [9.17, 15) is 24.0 Å². The van der Waals surface area contributed by atoms with E-state index in [4.69, 9.17) is 14.7 Å². The number of carbonyl (C=O) groups is 5. The predicted octanol–water partition coefficient (Wildman–Crippen LogP) is 8.05. The van der Waals surface area contributed by atoms with Gasteiger partial charge in [0.25, 0.3) is 0 Å². The Kier molecular flexibility index (Phi) is 14.6. The lowest BCUT2D eigenvalue weighted by Crippen LogP contribution is -2.54. The first-order chi connectivity index (χ1) is 28.6. The van der Waals surface area contributed by atoms with Gasteiger partial charge in [0.05, 0.1) is 30.6 Å². The SMILES string of the molecule is CC[C@H](C)CC(=O)N1CCC[C@H]1C(=O)Nc1nc([C@H]2CC[C@H](c3csc(NC(=O)[C@@H]4CCCN4C(=O)[C@@H](NC(=O)OC)[C@@H](C)CC)n3)N2c2ccc(C(C)(C)C)cc2)cs1. The molecule has 3 fully saturated rings. The van der Waals surface area contributed by atoms with E-state index < -0.39 is 24.2 Å². The molecule has 0 bridgehead atoms. The molecule has 0 unspecified atom stereocenters. The minimum atomic E-state index is -0.807. The summed E-state index contributed by atoms with van der Waals surface area (Å²) in [6.07, 6.45) is 5.53. The van der Waals surface area contributed by atoms with Gasteiger partial charge in [-0.05, 0) is 73.5 Å². The molecule has 2 aromatic heterocycles. The number of nitrogens with one attached hydrogen (secondary N) is 3. The summed E-state index contributed by atoms with van der Waals surface area (Å²) in [5.41, 5.74) is 3.89. The average molecular weight is 863 g/mol. The van der Waals surface area contributed by atoms with E-state index in [2.05, 4.69) is 79.7 Å². The lowest BCUT2D eigenvalue weighted by molar-refractivity contribution is -0.139. The van der Waals surface area contributed by atoms with Crippen LogP contribution in [0, 0.1) is 11.8 Å². The van der Waals surface area contributed by atoms with Crippen LogP contribution in [-0.4, -0.2) is 87.8 Å². The zero-order valence-corrected chi connectivity index (χ0v) is 37.9. The highest BCUT2D eigenvalue weighted by Crippen LogP contribution is 2.48. The molecule has 6 rings (SSSR count). The highest BCUT2D eigenvalue weighted by atomic mass is 32.1. The smallest absolute Gasteiger partial charge is 0.407 e. The van der Waals surface area contributed by atoms with Gasteiger partial charge in [-0.15, -0.1) is 22.7 Å². The molecule has 3 aliphatic rings. The number of likely N-dealkylation sites (tertiary alicyclic amines) is 2. The maximum Gasteiger partial charge on any atom is 0.407 e. The highest BCUT2D eigenvalue weighted by Gasteiger charge is 2.41. The number of anilines is 3. The van der Waals surface area contributed by atoms with E-state index in [1.165, 1.54) is 35.3 Å². The van der Waals surface area contributed by atoms with Crippen molar-refractivity contribution in [3.05, 3.63) is 52.0 Å². The van der Waals surface area contributed by atoms with Gasteiger partial charge < -0.3 is 35.4 Å². The summed E-state index contributed by atoms with van der Waals surface area (Å²) < 4.78 is 4.79. The molecule has 3 aromatic rings. The molecule has 60 heavy (non-hydrogen) atoms. The van der Waals surface area contributed by atoms with Crippen molar-refractivity contribution in [3.63, 3.8) is 0 Å². The van der Waals surface area contributed by atoms with E-state index in [-0.39, 0.29) is 53.0 Å². The number of alkyl carbamates (subject to hydrolysis) is 1. The number of ether oxygens (including phenoxy) is 1. The molecule has 7 atom stereocenters. The Morgan fingerprint density at radius 1 is 0.800 bits per heavy atom. The first kappa shape index (κ1) is 45.0. The molecule has 16 heteroatoms. The van der Waals surface area contributed by atoms with Crippen molar-refractivity contribution in [1.82, 2.24) is 25.1 Å². The van der Waals surface area contributed by atoms with Crippen LogP contribution in [0.1, 0.15) is 135 Å². The van der Waals surface area contributed by atoms with E-state index in [0.29, 0.717) is 55.5 Å². The van der Waals surface area contributed by atoms with Gasteiger partial charge in [-0.3, -0.25) is 19.2 Å². The van der Waals surface area contributed by atoms with E-state index >= 15 is 0 Å². The van der Waals surface area contributed by atoms with Crippen molar-refractivity contribution in [1.29, 1.82) is 0 Å². The second-order valence-corrected chi connectivity index (χ2v) is 19.3. The second kappa shape index (κ2) is 19.4. The molecule has 5 amide bonds. The molecule has 326 valence electrons. The van der Waals surface area contributed by atoms with Crippen molar-refractivity contribution < 1.29 is 28.7 Å². The van der Waals surface area contributed by atoms with Gasteiger partial charge in [0.2, 0.25) is 23.6 Å². The van der Waals surface area contributed by atoms with Crippen molar-refractivity contribution in [2.45, 2.75) is 142 Å². The largest absolute Gasteiger partial charge is 0.453 e. The van der Waals surface area contributed by atoms with Crippen molar-refractivity contribution in [3.8, 4) is 0 Å². The number of benzene rings is 1. The third-order valence-corrected chi connectivity index (χ3v) is 14.0. The summed E-state index contributed by atoms with van der Waals surface area (Å²) in [5.74, 6) is -0.645. The normalized spacial score (nSPS) is 22.0. The Balaban J connectivity index is 1.19. The summed E-state index contributed by atoms with van der Waals surface area (Å²) in [6, 6.07) is 6.41. The monoisotopic (exact) mass is 862 g/mol. The Bertz CT molecular complexity index is 2000. The molecule has 3 N–H and O–H groups in total. The number of amides is 5. The predicted molar refractivity (Wildman–Crippen MR) is 236 cm³/mol. The summed E-state index contributed by atoms with van der Waals surface area (Å²) in [6.45, 7) is 15.6. The number of hydrogen-bond acceptors (Lipinski definition) is 11. The highest BCUT2D eigenvalue weighted by molar-refractivity contribution is 7.14. The lowest BCUT2D eigenvalue weighted by Gasteiger charge is -2.32. The van der Waals surface area contributed by atoms with Crippen LogP contribution in [0.15, 0.2) is 35.0 Å². The molecule has 3 saturated heterocycles. The molecule has 5 heterocycles. The van der Waals surface area contributed by atoms with Gasteiger partial charge in [0.1, 0.15) is 18.1 Å². The maximum atomic E-state index is 13.8. The standard InChI is InChI=1S/C44H62N8O6S2/c1-9-26(3)23-36(53)50-21-11-13-34(50)38(54)48-41-45-30(24-59-41)32-19-20-33(52(32)29-17-15-28(16-18-29)44(5,6)7)31-25-60-42(46-31)49-39(55)35-14-12-22-51(35)40(56)37(27(4)10-2)47-43(57)58-8/h15-18,24-27,32-35,37H,9-14,19-23H2,1-8H3,(H,47,57)(H,45,48,54)(H,46,49,55)/t26-,27-,32+,33+,34-,35-,37-/m0/s1. The molecule has 0 aliphatic carbocycles. The van der Waals surface area contributed by atoms with Gasteiger partial charge in [-0.25, -0.2) is 14.8 Å². The third-order valence-electron chi connectivity index (χ3n) is 12.5. The molecule has 0 radical (unpaired) electrons. The van der Waals surface area contributed by atoms with Gasteiger partial charge in [0, 0.05) is 36.0 Å². The zero-order chi connectivity index (χ0) is 43.3. The second-order valence-electron chi connectivity index (χ2n) is 17.6. The molecule has 3 aliphatic heterocycles. The average Bonchev–Trinajstić information content (AvgIpc) is 4.08. The molecule has 1 aromatic carbocycles. The number of thiazole rings is 2. The van der Waals surface area contributed by atoms with Crippen LogP contribution in [-0.2, 0) is 29.3 Å². The number of carbonyl (C=O) groups excluding carboxylic acids is 5. The third kappa shape index (κ3) is 10.1. The Labute approximate surface area is 362 Å². The summed E-state index contributed by atoms with van der Waals surface area (Å²) >= 11 is 2.74. The number of rotatable bonds is 14. The van der Waals surface area contributed by atoms with Crippen molar-refractivity contribution in [2.75, 3.05) is 35.7 Å². The first-order valence-corrected chi connectivity index (χ1v) is 23.2. The maximum absolute atomic E-state index is 13.8. The minimum absolute atomic E-state index is 0.0212. The fourth-order valence-electron chi connectivity index (χ4n) is 8.50.